The van der Waals surface area contributed by atoms with Crippen molar-refractivity contribution in [1.82, 2.24) is 19.9 Å². The Labute approximate surface area is 134 Å². The molecule has 0 saturated carbocycles. The lowest BCUT2D eigenvalue weighted by Gasteiger charge is -2.19. The highest BCUT2D eigenvalue weighted by Crippen LogP contribution is 2.24. The molecule has 0 N–H and O–H groups in total. The number of hydrogen-bond donors (Lipinski definition) is 0. The fraction of sp³-hybridized carbons (Fsp3) is 0.375. The van der Waals surface area contributed by atoms with E-state index in [0.717, 1.165) is 6.42 Å². The second-order valence-corrected chi connectivity index (χ2v) is 5.57. The zero-order chi connectivity index (χ0) is 16.2. The van der Waals surface area contributed by atoms with Gasteiger partial charge in [0.1, 0.15) is 11.8 Å². The van der Waals surface area contributed by atoms with E-state index < -0.39 is 0 Å². The second kappa shape index (κ2) is 6.60. The van der Waals surface area contributed by atoms with Gasteiger partial charge in [0.25, 0.3) is 11.8 Å². The van der Waals surface area contributed by atoms with Gasteiger partial charge in [-0.05, 0) is 12.1 Å². The van der Waals surface area contributed by atoms with Crippen LogP contribution in [0.3, 0.4) is 0 Å². The molecule has 3 rings (SSSR count). The molecule has 1 aliphatic rings. The molecule has 1 unspecified atom stereocenters. The molecule has 1 atom stereocenters. The number of ether oxygens (including phenoxy) is 1. The maximum Gasteiger partial charge on any atom is 0.272 e. The van der Waals surface area contributed by atoms with Crippen molar-refractivity contribution in [3.05, 3.63) is 42.5 Å². The molecule has 0 radical (unpaired) electrons. The highest BCUT2D eigenvalue weighted by atomic mass is 16.5. The minimum absolute atomic E-state index is 0.0660. The third-order valence-corrected chi connectivity index (χ3v) is 3.66. The molecule has 0 spiro atoms. The van der Waals surface area contributed by atoms with E-state index in [-0.39, 0.29) is 12.0 Å². The van der Waals surface area contributed by atoms with Gasteiger partial charge in [-0.2, -0.15) is 0 Å². The molecule has 1 fully saturated rings. The number of rotatable bonds is 4. The van der Waals surface area contributed by atoms with Crippen molar-refractivity contribution in [2.75, 3.05) is 32.1 Å². The highest BCUT2D eigenvalue weighted by Gasteiger charge is 2.29. The van der Waals surface area contributed by atoms with Crippen LogP contribution in [0.5, 0.6) is 5.88 Å². The van der Waals surface area contributed by atoms with Crippen LogP contribution in [0.1, 0.15) is 16.9 Å². The zero-order valence-electron chi connectivity index (χ0n) is 13.2. The summed E-state index contributed by atoms with van der Waals surface area (Å²) in [4.78, 5) is 28.6. The van der Waals surface area contributed by atoms with Gasteiger partial charge >= 0.3 is 0 Å². The predicted molar refractivity (Wildman–Crippen MR) is 85.5 cm³/mol. The molecular weight excluding hydrogens is 294 g/mol. The topological polar surface area (TPSA) is 71.5 Å². The quantitative estimate of drug-likeness (QED) is 0.845. The molecule has 23 heavy (non-hydrogen) atoms. The van der Waals surface area contributed by atoms with Crippen molar-refractivity contribution in [3.63, 3.8) is 0 Å². The number of hydrogen-bond acceptors (Lipinski definition) is 6. The molecular formula is C16H19N5O2. The van der Waals surface area contributed by atoms with Gasteiger partial charge in [-0.25, -0.2) is 9.97 Å². The second-order valence-electron chi connectivity index (χ2n) is 5.57. The summed E-state index contributed by atoms with van der Waals surface area (Å²) in [6.45, 7) is 1.18. The first-order valence-electron chi connectivity index (χ1n) is 7.50. The van der Waals surface area contributed by atoms with Crippen LogP contribution < -0.4 is 9.64 Å². The van der Waals surface area contributed by atoms with Crippen molar-refractivity contribution in [2.45, 2.75) is 12.5 Å². The summed E-state index contributed by atoms with van der Waals surface area (Å²) < 4.78 is 5.95. The van der Waals surface area contributed by atoms with E-state index in [1.807, 2.05) is 25.1 Å². The van der Waals surface area contributed by atoms with Gasteiger partial charge in [0, 0.05) is 45.7 Å². The third-order valence-electron chi connectivity index (χ3n) is 3.66. The van der Waals surface area contributed by atoms with Gasteiger partial charge in [-0.1, -0.05) is 6.07 Å². The Hall–Kier alpha value is -2.70. The lowest BCUT2D eigenvalue weighted by atomic mass is 10.3. The minimum Gasteiger partial charge on any atom is -0.470 e. The summed E-state index contributed by atoms with van der Waals surface area (Å²) >= 11 is 0. The number of aromatic nitrogens is 3. The maximum absolute atomic E-state index is 12.4. The first kappa shape index (κ1) is 15.2. The molecule has 1 amide bonds. The summed E-state index contributed by atoms with van der Waals surface area (Å²) in [5.41, 5.74) is 0.460. The van der Waals surface area contributed by atoms with Gasteiger partial charge in [-0.3, -0.25) is 9.78 Å². The first-order valence-corrected chi connectivity index (χ1v) is 7.50. The fourth-order valence-corrected chi connectivity index (χ4v) is 2.53. The molecule has 0 bridgehead atoms. The number of pyridine rings is 1. The molecule has 7 nitrogen and oxygen atoms in total. The Morgan fingerprint density at radius 2 is 2.04 bits per heavy atom. The monoisotopic (exact) mass is 313 g/mol. The van der Waals surface area contributed by atoms with Gasteiger partial charge in [0.15, 0.2) is 5.82 Å². The van der Waals surface area contributed by atoms with Crippen LogP contribution in [0.2, 0.25) is 0 Å². The number of amides is 1. The summed E-state index contributed by atoms with van der Waals surface area (Å²) in [5, 5.41) is 0. The number of carbonyl (C=O) groups excluding carboxylic acids is 1. The summed E-state index contributed by atoms with van der Waals surface area (Å²) in [6.07, 6.45) is 5.54. The van der Waals surface area contributed by atoms with Gasteiger partial charge in [0.05, 0.1) is 6.54 Å². The van der Waals surface area contributed by atoms with Crippen molar-refractivity contribution >= 4 is 11.7 Å². The van der Waals surface area contributed by atoms with E-state index in [0.29, 0.717) is 30.5 Å². The van der Waals surface area contributed by atoms with Crippen molar-refractivity contribution in [2.24, 2.45) is 0 Å². The summed E-state index contributed by atoms with van der Waals surface area (Å²) in [6, 6.07) is 5.33. The standard InChI is InChI=1S/C16H19N5O2/c1-20(2)14-15(19-9-8-18-14)23-12-6-10-21(11-12)16(22)13-5-3-4-7-17-13/h3-5,7-9,12H,6,10-11H2,1-2H3. The van der Waals surface area contributed by atoms with E-state index in [4.69, 9.17) is 4.74 Å². The summed E-state index contributed by atoms with van der Waals surface area (Å²) in [7, 11) is 3.78. The van der Waals surface area contributed by atoms with Crippen LogP contribution in [0.25, 0.3) is 0 Å². The van der Waals surface area contributed by atoms with Gasteiger partial charge in [-0.15, -0.1) is 0 Å². The van der Waals surface area contributed by atoms with Crippen molar-refractivity contribution in [1.29, 1.82) is 0 Å². The largest absolute Gasteiger partial charge is 0.470 e. The Morgan fingerprint density at radius 3 is 2.78 bits per heavy atom. The third kappa shape index (κ3) is 3.39. The van der Waals surface area contributed by atoms with Crippen molar-refractivity contribution < 1.29 is 9.53 Å². The number of nitrogens with zero attached hydrogens (tertiary/aromatic N) is 5. The smallest absolute Gasteiger partial charge is 0.272 e. The maximum atomic E-state index is 12.4. The molecule has 1 saturated heterocycles. The average molecular weight is 313 g/mol. The van der Waals surface area contributed by atoms with Crippen LogP contribution in [0, 0.1) is 0 Å². The molecule has 120 valence electrons. The number of likely N-dealkylation sites (tertiary alicyclic amines) is 1. The fourth-order valence-electron chi connectivity index (χ4n) is 2.53. The van der Waals surface area contributed by atoms with Crippen LogP contribution in [0.4, 0.5) is 5.82 Å². The predicted octanol–water partition coefficient (Wildman–Crippen LogP) is 1.23. The molecule has 3 heterocycles. The molecule has 0 aromatic carbocycles. The Balaban J connectivity index is 1.66. The Bertz CT molecular complexity index is 677. The van der Waals surface area contributed by atoms with Crippen LogP contribution in [0.15, 0.2) is 36.8 Å². The van der Waals surface area contributed by atoms with E-state index in [2.05, 4.69) is 15.0 Å². The Morgan fingerprint density at radius 1 is 1.22 bits per heavy atom. The summed E-state index contributed by atoms with van der Waals surface area (Å²) in [5.74, 6) is 1.11. The van der Waals surface area contributed by atoms with Crippen LogP contribution in [-0.4, -0.2) is 59.0 Å². The Kier molecular flexibility index (Phi) is 4.36. The highest BCUT2D eigenvalue weighted by molar-refractivity contribution is 5.92. The average Bonchev–Trinajstić information content (AvgIpc) is 3.04. The van der Waals surface area contributed by atoms with Gasteiger partial charge < -0.3 is 14.5 Å². The zero-order valence-corrected chi connectivity index (χ0v) is 13.2. The molecule has 1 aliphatic heterocycles. The first-order chi connectivity index (χ1) is 11.1. The molecule has 2 aromatic rings. The molecule has 7 heteroatoms. The van der Waals surface area contributed by atoms with E-state index in [1.165, 1.54) is 0 Å². The minimum atomic E-state index is -0.0851. The number of anilines is 1. The SMILES string of the molecule is CN(C)c1nccnc1OC1CCN(C(=O)c2ccccn2)C1. The van der Waals surface area contributed by atoms with Crippen LogP contribution >= 0.6 is 0 Å². The van der Waals surface area contributed by atoms with E-state index >= 15 is 0 Å². The lowest BCUT2D eigenvalue weighted by Crippen LogP contribution is -2.31. The van der Waals surface area contributed by atoms with Crippen LogP contribution in [-0.2, 0) is 0 Å². The lowest BCUT2D eigenvalue weighted by molar-refractivity contribution is 0.0765. The van der Waals surface area contributed by atoms with Crippen molar-refractivity contribution in [3.8, 4) is 5.88 Å². The van der Waals surface area contributed by atoms with E-state index in [1.54, 1.807) is 35.6 Å². The molecule has 0 aliphatic carbocycles. The van der Waals surface area contributed by atoms with Gasteiger partial charge in [0.2, 0.25) is 0 Å². The van der Waals surface area contributed by atoms with E-state index in [9.17, 15) is 4.79 Å². The number of carbonyl (C=O) groups is 1. The molecule has 2 aromatic heterocycles. The normalized spacial score (nSPS) is 17.1.